The molecule has 0 aliphatic heterocycles. The molecule has 0 radical (unpaired) electrons. The molecular formula is C6H8N2OS2. The molecule has 0 amide bonds. The lowest BCUT2D eigenvalue weighted by atomic mass is 11.0. The highest BCUT2D eigenvalue weighted by Gasteiger charge is 2.04. The van der Waals surface area contributed by atoms with Gasteiger partial charge in [-0.3, -0.25) is 0 Å². The number of hydrogen-bond donors (Lipinski definition) is 0. The molecule has 0 aromatic carbocycles. The van der Waals surface area contributed by atoms with Crippen LogP contribution in [0.2, 0.25) is 0 Å². The maximum atomic E-state index is 5.01. The lowest BCUT2D eigenvalue weighted by molar-refractivity contribution is 0.455. The van der Waals surface area contributed by atoms with Gasteiger partial charge in [-0.25, -0.2) is 4.98 Å². The van der Waals surface area contributed by atoms with Crippen LogP contribution in [0.1, 0.15) is 0 Å². The van der Waals surface area contributed by atoms with Gasteiger partial charge in [-0.1, -0.05) is 12.2 Å². The quantitative estimate of drug-likeness (QED) is 0.493. The van der Waals surface area contributed by atoms with E-state index in [4.69, 9.17) is 16.6 Å². The zero-order valence-electron chi connectivity index (χ0n) is 6.27. The van der Waals surface area contributed by atoms with Crippen LogP contribution in [-0.4, -0.2) is 28.3 Å². The third-order valence-electron chi connectivity index (χ3n) is 0.949. The van der Waals surface area contributed by atoms with Crippen molar-refractivity contribution in [1.82, 2.24) is 9.88 Å². The lowest BCUT2D eigenvalue weighted by Gasteiger charge is -2.09. The van der Waals surface area contributed by atoms with Crippen molar-refractivity contribution in [3.8, 4) is 0 Å². The second-order valence-electron chi connectivity index (χ2n) is 2.06. The minimum Gasteiger partial charge on any atom is -0.440 e. The Bertz CT molecular complexity index is 233. The van der Waals surface area contributed by atoms with Crippen molar-refractivity contribution in [2.24, 2.45) is 0 Å². The normalized spacial score (nSPS) is 9.64. The van der Waals surface area contributed by atoms with Gasteiger partial charge < -0.3 is 9.32 Å². The Morgan fingerprint density at radius 3 is 2.91 bits per heavy atom. The number of hydrogen-bond acceptors (Lipinski definition) is 4. The van der Waals surface area contributed by atoms with Gasteiger partial charge >= 0.3 is 0 Å². The van der Waals surface area contributed by atoms with Gasteiger partial charge in [0.2, 0.25) is 0 Å². The van der Waals surface area contributed by atoms with Gasteiger partial charge in [-0.05, 0) is 11.8 Å². The Morgan fingerprint density at radius 1 is 1.73 bits per heavy atom. The van der Waals surface area contributed by atoms with E-state index in [1.54, 1.807) is 6.20 Å². The predicted octanol–water partition coefficient (Wildman–Crippen LogP) is 1.61. The topological polar surface area (TPSA) is 29.3 Å². The van der Waals surface area contributed by atoms with E-state index in [2.05, 4.69) is 4.98 Å². The van der Waals surface area contributed by atoms with E-state index in [0.29, 0.717) is 5.22 Å². The van der Waals surface area contributed by atoms with Crippen LogP contribution in [0.4, 0.5) is 0 Å². The molecule has 3 nitrogen and oxygen atoms in total. The van der Waals surface area contributed by atoms with Crippen molar-refractivity contribution in [2.45, 2.75) is 5.22 Å². The summed E-state index contributed by atoms with van der Waals surface area (Å²) in [6.07, 6.45) is 3.13. The monoisotopic (exact) mass is 188 g/mol. The third-order valence-corrected chi connectivity index (χ3v) is 2.48. The minimum absolute atomic E-state index is 0.587. The summed E-state index contributed by atoms with van der Waals surface area (Å²) in [5.74, 6) is 0. The summed E-state index contributed by atoms with van der Waals surface area (Å²) in [7, 11) is 3.77. The Labute approximate surface area is 74.8 Å². The summed E-state index contributed by atoms with van der Waals surface area (Å²) in [5.41, 5.74) is 0. The predicted molar refractivity (Wildman–Crippen MR) is 48.6 cm³/mol. The van der Waals surface area contributed by atoms with Crippen molar-refractivity contribution >= 4 is 28.3 Å². The average Bonchev–Trinajstić information content (AvgIpc) is 2.39. The summed E-state index contributed by atoms with van der Waals surface area (Å²) in [5, 5.41) is 0.587. The van der Waals surface area contributed by atoms with Crippen LogP contribution in [0, 0.1) is 0 Å². The van der Waals surface area contributed by atoms with E-state index < -0.39 is 0 Å². The van der Waals surface area contributed by atoms with Gasteiger partial charge in [0.05, 0.1) is 6.20 Å². The van der Waals surface area contributed by atoms with Crippen LogP contribution in [0.25, 0.3) is 0 Å². The van der Waals surface area contributed by atoms with Crippen molar-refractivity contribution < 1.29 is 4.42 Å². The number of thiocarbonyl (C=S) groups is 1. The van der Waals surface area contributed by atoms with Gasteiger partial charge in [-0.2, -0.15) is 0 Å². The smallest absolute Gasteiger partial charge is 0.262 e. The molecule has 0 aliphatic carbocycles. The maximum absolute atomic E-state index is 5.01. The van der Waals surface area contributed by atoms with Gasteiger partial charge in [0, 0.05) is 14.1 Å². The molecule has 0 aliphatic rings. The standard InChI is InChI=1S/C6H8N2OS2/c1-8(2)6(10)11-5-7-3-4-9-5/h3-4H,1-2H3. The molecule has 1 aromatic heterocycles. The fraction of sp³-hybridized carbons (Fsp3) is 0.333. The summed E-state index contributed by atoms with van der Waals surface area (Å²) in [4.78, 5) is 5.76. The number of thioether (sulfide) groups is 1. The Hall–Kier alpha value is -0.550. The molecule has 0 bridgehead atoms. The van der Waals surface area contributed by atoms with E-state index in [1.165, 1.54) is 18.0 Å². The molecule has 60 valence electrons. The molecule has 5 heteroatoms. The van der Waals surface area contributed by atoms with Gasteiger partial charge in [-0.15, -0.1) is 0 Å². The number of rotatable bonds is 1. The first kappa shape index (κ1) is 8.55. The Kier molecular flexibility index (Phi) is 2.90. The Balaban J connectivity index is 2.50. The van der Waals surface area contributed by atoms with Gasteiger partial charge in [0.25, 0.3) is 5.22 Å². The van der Waals surface area contributed by atoms with Gasteiger partial charge in [0.15, 0.2) is 0 Å². The average molecular weight is 188 g/mol. The largest absolute Gasteiger partial charge is 0.440 e. The van der Waals surface area contributed by atoms with E-state index in [1.807, 2.05) is 19.0 Å². The fourth-order valence-corrected chi connectivity index (χ4v) is 1.19. The molecule has 1 rings (SSSR count). The molecule has 11 heavy (non-hydrogen) atoms. The van der Waals surface area contributed by atoms with Crippen LogP contribution in [-0.2, 0) is 0 Å². The maximum Gasteiger partial charge on any atom is 0.262 e. The molecule has 0 unspecified atom stereocenters. The molecular weight excluding hydrogens is 180 g/mol. The second kappa shape index (κ2) is 3.73. The first-order valence-electron chi connectivity index (χ1n) is 2.99. The lowest BCUT2D eigenvalue weighted by Crippen LogP contribution is -2.15. The van der Waals surface area contributed by atoms with E-state index in [-0.39, 0.29) is 0 Å². The Morgan fingerprint density at radius 2 is 2.45 bits per heavy atom. The molecule has 0 saturated carbocycles. The molecule has 1 heterocycles. The summed E-state index contributed by atoms with van der Waals surface area (Å²) >= 11 is 6.35. The fourth-order valence-electron chi connectivity index (χ4n) is 0.427. The van der Waals surface area contributed by atoms with Crippen molar-refractivity contribution in [3.63, 3.8) is 0 Å². The van der Waals surface area contributed by atoms with Crippen LogP contribution in [0.3, 0.4) is 0 Å². The number of aromatic nitrogens is 1. The molecule has 0 atom stereocenters. The molecule has 0 fully saturated rings. The summed E-state index contributed by atoms with van der Waals surface area (Å²) in [6.45, 7) is 0. The molecule has 0 N–H and O–H groups in total. The zero-order chi connectivity index (χ0) is 8.27. The zero-order valence-corrected chi connectivity index (χ0v) is 7.91. The first-order valence-corrected chi connectivity index (χ1v) is 4.21. The highest BCUT2D eigenvalue weighted by Crippen LogP contribution is 2.17. The SMILES string of the molecule is CN(C)C(=S)Sc1ncco1. The van der Waals surface area contributed by atoms with Crippen LogP contribution in [0.15, 0.2) is 22.1 Å². The number of nitrogens with zero attached hydrogens (tertiary/aromatic N) is 2. The first-order chi connectivity index (χ1) is 5.20. The van der Waals surface area contributed by atoms with Crippen molar-refractivity contribution in [2.75, 3.05) is 14.1 Å². The summed E-state index contributed by atoms with van der Waals surface area (Å²) in [6, 6.07) is 0. The van der Waals surface area contributed by atoms with Crippen molar-refractivity contribution in [1.29, 1.82) is 0 Å². The van der Waals surface area contributed by atoms with Gasteiger partial charge in [0.1, 0.15) is 10.6 Å². The highest BCUT2D eigenvalue weighted by molar-refractivity contribution is 8.22. The minimum atomic E-state index is 0.587. The van der Waals surface area contributed by atoms with Crippen LogP contribution >= 0.6 is 24.0 Å². The van der Waals surface area contributed by atoms with E-state index >= 15 is 0 Å². The highest BCUT2D eigenvalue weighted by atomic mass is 32.2. The van der Waals surface area contributed by atoms with E-state index in [9.17, 15) is 0 Å². The van der Waals surface area contributed by atoms with Crippen LogP contribution < -0.4 is 0 Å². The third kappa shape index (κ3) is 2.51. The summed E-state index contributed by atoms with van der Waals surface area (Å²) < 4.78 is 5.74. The molecule has 0 spiro atoms. The number of oxazole rings is 1. The van der Waals surface area contributed by atoms with Crippen LogP contribution in [0.5, 0.6) is 0 Å². The molecule has 0 saturated heterocycles. The van der Waals surface area contributed by atoms with E-state index in [0.717, 1.165) is 4.32 Å². The second-order valence-corrected chi connectivity index (χ2v) is 3.65. The van der Waals surface area contributed by atoms with Crippen molar-refractivity contribution in [3.05, 3.63) is 12.5 Å². The molecule has 1 aromatic rings.